The van der Waals surface area contributed by atoms with E-state index >= 15 is 0 Å². The van der Waals surface area contributed by atoms with Crippen LogP contribution in [0.15, 0.2) is 42.5 Å². The molecule has 2 aliphatic carbocycles. The summed E-state index contributed by atoms with van der Waals surface area (Å²) in [7, 11) is 0. The molecule has 0 amide bonds. The Labute approximate surface area is 201 Å². The van der Waals surface area contributed by atoms with E-state index in [9.17, 15) is 0 Å². The summed E-state index contributed by atoms with van der Waals surface area (Å²) in [4.78, 5) is 0. The summed E-state index contributed by atoms with van der Waals surface area (Å²) in [6.45, 7) is 2.78. The van der Waals surface area contributed by atoms with Crippen LogP contribution in [0.4, 0.5) is 11.4 Å². The van der Waals surface area contributed by atoms with E-state index in [0.717, 1.165) is 29.1 Å². The zero-order valence-electron chi connectivity index (χ0n) is 20.6. The Kier molecular flexibility index (Phi) is 8.58. The molecule has 0 spiro atoms. The van der Waals surface area contributed by atoms with Gasteiger partial charge in [-0.25, -0.2) is 0 Å². The number of unbranched alkanes of at least 4 members (excludes halogenated alkanes) is 2. The van der Waals surface area contributed by atoms with Crippen molar-refractivity contribution < 1.29 is 4.74 Å². The van der Waals surface area contributed by atoms with E-state index in [4.69, 9.17) is 16.2 Å². The summed E-state index contributed by atoms with van der Waals surface area (Å²) in [5.74, 6) is 4.63. The van der Waals surface area contributed by atoms with Crippen LogP contribution in [0.1, 0.15) is 101 Å². The predicted molar refractivity (Wildman–Crippen MR) is 140 cm³/mol. The van der Waals surface area contributed by atoms with Crippen LogP contribution in [0.2, 0.25) is 0 Å². The van der Waals surface area contributed by atoms with Crippen molar-refractivity contribution in [2.24, 2.45) is 17.8 Å². The lowest BCUT2D eigenvalue weighted by Crippen LogP contribution is -2.25. The highest BCUT2D eigenvalue weighted by Gasteiger charge is 2.31. The zero-order chi connectivity index (χ0) is 23.0. The van der Waals surface area contributed by atoms with Gasteiger partial charge in [0, 0.05) is 16.9 Å². The molecule has 2 aliphatic rings. The fourth-order valence-corrected chi connectivity index (χ4v) is 6.30. The van der Waals surface area contributed by atoms with Gasteiger partial charge in [-0.05, 0) is 92.0 Å². The van der Waals surface area contributed by atoms with Crippen LogP contribution < -0.4 is 16.2 Å². The molecule has 180 valence electrons. The van der Waals surface area contributed by atoms with E-state index in [1.54, 1.807) is 6.07 Å². The maximum Gasteiger partial charge on any atom is 0.119 e. The summed E-state index contributed by atoms with van der Waals surface area (Å²) >= 11 is 0. The molecule has 33 heavy (non-hydrogen) atoms. The van der Waals surface area contributed by atoms with Gasteiger partial charge in [-0.2, -0.15) is 0 Å². The molecule has 3 nitrogen and oxygen atoms in total. The molecule has 4 N–H and O–H groups in total. The van der Waals surface area contributed by atoms with Crippen LogP contribution in [0, 0.1) is 17.8 Å². The molecule has 2 fully saturated rings. The lowest BCUT2D eigenvalue weighted by molar-refractivity contribution is 0.155. The standard InChI is InChI=1S/C30H44N2O/c1-2-3-4-5-22-6-8-23(9-7-22)24-10-12-25(13-11-24)26-15-18-29(19-16-26)33-21-27-14-17-28(31)20-30(27)32/h14-20,22-25H,2-13,21,31-32H2,1H3. The molecular weight excluding hydrogens is 404 g/mol. The highest BCUT2D eigenvalue weighted by molar-refractivity contribution is 5.56. The lowest BCUT2D eigenvalue weighted by Gasteiger charge is -2.38. The van der Waals surface area contributed by atoms with Crippen LogP contribution >= 0.6 is 0 Å². The number of ether oxygens (including phenoxy) is 1. The minimum Gasteiger partial charge on any atom is -0.489 e. The molecule has 2 aromatic carbocycles. The topological polar surface area (TPSA) is 61.3 Å². The first-order chi connectivity index (χ1) is 16.1. The molecule has 0 saturated heterocycles. The van der Waals surface area contributed by atoms with Crippen molar-refractivity contribution in [3.05, 3.63) is 53.6 Å². The van der Waals surface area contributed by atoms with E-state index in [-0.39, 0.29) is 0 Å². The zero-order valence-corrected chi connectivity index (χ0v) is 20.6. The Bertz CT molecular complexity index is 846. The quantitative estimate of drug-likeness (QED) is 0.301. The van der Waals surface area contributed by atoms with E-state index in [1.807, 2.05) is 12.1 Å². The lowest BCUT2D eigenvalue weighted by atomic mass is 9.68. The number of nitrogen functional groups attached to an aromatic ring is 2. The summed E-state index contributed by atoms with van der Waals surface area (Å²) in [6, 6.07) is 14.4. The Morgan fingerprint density at radius 3 is 2.09 bits per heavy atom. The fourth-order valence-electron chi connectivity index (χ4n) is 6.30. The first-order valence-electron chi connectivity index (χ1n) is 13.5. The van der Waals surface area contributed by atoms with Crippen LogP contribution in [0.3, 0.4) is 0 Å². The number of benzene rings is 2. The maximum absolute atomic E-state index is 6.04. The van der Waals surface area contributed by atoms with E-state index in [1.165, 1.54) is 82.6 Å². The van der Waals surface area contributed by atoms with Gasteiger partial charge in [0.1, 0.15) is 12.4 Å². The van der Waals surface area contributed by atoms with Crippen LogP contribution in [0.5, 0.6) is 5.75 Å². The number of rotatable bonds is 9. The number of nitrogens with two attached hydrogens (primary N) is 2. The first kappa shape index (κ1) is 24.0. The SMILES string of the molecule is CCCCCC1CCC(C2CCC(c3ccc(OCc4ccc(N)cc4N)cc3)CC2)CC1. The van der Waals surface area contributed by atoms with Crippen molar-refractivity contribution >= 4 is 11.4 Å². The van der Waals surface area contributed by atoms with Gasteiger partial charge in [-0.3, -0.25) is 0 Å². The monoisotopic (exact) mass is 448 g/mol. The minimum atomic E-state index is 0.470. The molecular formula is C30H44N2O. The number of hydrogen-bond acceptors (Lipinski definition) is 3. The van der Waals surface area contributed by atoms with Crippen LogP contribution in [-0.4, -0.2) is 0 Å². The third-order valence-corrected chi connectivity index (χ3v) is 8.46. The summed E-state index contributed by atoms with van der Waals surface area (Å²) < 4.78 is 5.97. The highest BCUT2D eigenvalue weighted by Crippen LogP contribution is 2.44. The molecule has 0 atom stereocenters. The summed E-state index contributed by atoms with van der Waals surface area (Å²) in [5.41, 5.74) is 15.6. The van der Waals surface area contributed by atoms with Gasteiger partial charge in [0.2, 0.25) is 0 Å². The van der Waals surface area contributed by atoms with Gasteiger partial charge in [0.15, 0.2) is 0 Å². The second-order valence-corrected chi connectivity index (χ2v) is 10.7. The molecule has 3 heteroatoms. The second kappa shape index (κ2) is 11.8. The number of hydrogen-bond donors (Lipinski definition) is 2. The van der Waals surface area contributed by atoms with Crippen molar-refractivity contribution in [1.82, 2.24) is 0 Å². The van der Waals surface area contributed by atoms with E-state index in [0.29, 0.717) is 23.9 Å². The van der Waals surface area contributed by atoms with Crippen molar-refractivity contribution in [1.29, 1.82) is 0 Å². The van der Waals surface area contributed by atoms with Crippen molar-refractivity contribution in [3.63, 3.8) is 0 Å². The Morgan fingerprint density at radius 2 is 1.45 bits per heavy atom. The van der Waals surface area contributed by atoms with Gasteiger partial charge < -0.3 is 16.2 Å². The van der Waals surface area contributed by atoms with Gasteiger partial charge in [0.05, 0.1) is 0 Å². The Hall–Kier alpha value is -2.16. The molecule has 0 bridgehead atoms. The normalized spacial score (nSPS) is 25.6. The smallest absolute Gasteiger partial charge is 0.119 e. The third-order valence-electron chi connectivity index (χ3n) is 8.46. The molecule has 2 aromatic rings. The van der Waals surface area contributed by atoms with Crippen molar-refractivity contribution in [3.8, 4) is 5.75 Å². The number of anilines is 2. The predicted octanol–water partition coefficient (Wildman–Crippen LogP) is 8.09. The van der Waals surface area contributed by atoms with E-state index in [2.05, 4.69) is 31.2 Å². The fraction of sp³-hybridized carbons (Fsp3) is 0.600. The Balaban J connectivity index is 1.20. The van der Waals surface area contributed by atoms with Crippen LogP contribution in [-0.2, 0) is 6.61 Å². The largest absolute Gasteiger partial charge is 0.489 e. The van der Waals surface area contributed by atoms with Gasteiger partial charge >= 0.3 is 0 Å². The average Bonchev–Trinajstić information content (AvgIpc) is 2.85. The summed E-state index contributed by atoms with van der Waals surface area (Å²) in [6.07, 6.45) is 17.3. The molecule has 0 aliphatic heterocycles. The highest BCUT2D eigenvalue weighted by atomic mass is 16.5. The average molecular weight is 449 g/mol. The minimum absolute atomic E-state index is 0.470. The van der Waals surface area contributed by atoms with E-state index < -0.39 is 0 Å². The van der Waals surface area contributed by atoms with Gasteiger partial charge in [-0.1, -0.05) is 63.6 Å². The molecule has 4 rings (SSSR count). The maximum atomic E-state index is 6.04. The molecule has 0 unspecified atom stereocenters. The molecule has 2 saturated carbocycles. The van der Waals surface area contributed by atoms with Crippen molar-refractivity contribution in [2.75, 3.05) is 11.5 Å². The van der Waals surface area contributed by atoms with Gasteiger partial charge in [0.25, 0.3) is 0 Å². The van der Waals surface area contributed by atoms with Crippen molar-refractivity contribution in [2.45, 2.75) is 96.5 Å². The van der Waals surface area contributed by atoms with Gasteiger partial charge in [-0.15, -0.1) is 0 Å². The van der Waals surface area contributed by atoms with Crippen LogP contribution in [0.25, 0.3) is 0 Å². The third kappa shape index (κ3) is 6.68. The first-order valence-corrected chi connectivity index (χ1v) is 13.5. The molecule has 0 aromatic heterocycles. The molecule has 0 heterocycles. The molecule has 0 radical (unpaired) electrons. The summed E-state index contributed by atoms with van der Waals surface area (Å²) in [5, 5.41) is 0. The Morgan fingerprint density at radius 1 is 0.788 bits per heavy atom. The second-order valence-electron chi connectivity index (χ2n) is 10.7.